The molecule has 1 aromatic carbocycles. The summed E-state index contributed by atoms with van der Waals surface area (Å²) in [6, 6.07) is 16.0. The summed E-state index contributed by atoms with van der Waals surface area (Å²) in [5, 5.41) is 11.6. The number of carbonyl (C=O) groups is 1. The molecule has 0 bridgehead atoms. The number of amides is 1. The fourth-order valence-corrected chi connectivity index (χ4v) is 6.67. The SMILES string of the molecule is O=C(CSc1ccc(Cl)cc1)N1N=C2C(=Cc3cccs3)CCCC2C1c1cccs1. The van der Waals surface area contributed by atoms with E-state index in [-0.39, 0.29) is 17.9 Å². The number of carbonyl (C=O) groups excluding carboxylic acids is 1. The van der Waals surface area contributed by atoms with Gasteiger partial charge in [0.25, 0.3) is 5.91 Å². The number of allylic oxidation sites excluding steroid dienone is 1. The fourth-order valence-electron chi connectivity index (χ4n) is 4.23. The van der Waals surface area contributed by atoms with Gasteiger partial charge in [-0.2, -0.15) is 5.10 Å². The van der Waals surface area contributed by atoms with E-state index in [4.69, 9.17) is 16.7 Å². The van der Waals surface area contributed by atoms with E-state index in [1.807, 2.05) is 24.3 Å². The Kier molecular flexibility index (Phi) is 6.32. The zero-order valence-electron chi connectivity index (χ0n) is 16.7. The van der Waals surface area contributed by atoms with Gasteiger partial charge < -0.3 is 0 Å². The third kappa shape index (κ3) is 4.53. The highest BCUT2D eigenvalue weighted by Crippen LogP contribution is 2.46. The van der Waals surface area contributed by atoms with E-state index in [1.54, 1.807) is 27.7 Å². The molecule has 31 heavy (non-hydrogen) atoms. The van der Waals surface area contributed by atoms with Crippen LogP contribution < -0.4 is 0 Å². The summed E-state index contributed by atoms with van der Waals surface area (Å²) in [7, 11) is 0. The molecule has 3 aromatic rings. The molecule has 1 saturated carbocycles. The molecule has 2 unspecified atom stereocenters. The summed E-state index contributed by atoms with van der Waals surface area (Å²) in [5.41, 5.74) is 2.38. The number of hydrogen-bond donors (Lipinski definition) is 0. The van der Waals surface area contributed by atoms with Gasteiger partial charge in [-0.05, 0) is 78.1 Å². The van der Waals surface area contributed by atoms with E-state index in [0.717, 1.165) is 29.9 Å². The molecule has 158 valence electrons. The Hall–Kier alpha value is -1.86. The van der Waals surface area contributed by atoms with Crippen LogP contribution in [0.25, 0.3) is 6.08 Å². The standard InChI is InChI=1S/C24H21ClN2OS3/c25-17-8-10-18(11-9-17)31-15-22(28)27-24(21-7-3-13-30-21)20-6-1-4-16(23(20)26-27)14-19-5-2-12-29-19/h2-3,5,7-14,20,24H,1,4,6,15H2. The first-order chi connectivity index (χ1) is 15.2. The quantitative estimate of drug-likeness (QED) is 0.354. The highest BCUT2D eigenvalue weighted by Gasteiger charge is 2.44. The Balaban J connectivity index is 1.42. The second-order valence-corrected chi connectivity index (χ2v) is 11.1. The lowest BCUT2D eigenvalue weighted by Crippen LogP contribution is -2.32. The normalized spacial score (nSPS) is 21.9. The van der Waals surface area contributed by atoms with Crippen molar-refractivity contribution in [3.05, 3.63) is 79.6 Å². The van der Waals surface area contributed by atoms with Gasteiger partial charge in [0, 0.05) is 25.6 Å². The fraction of sp³-hybridized carbons (Fsp3) is 0.250. The summed E-state index contributed by atoms with van der Waals surface area (Å²) in [6.45, 7) is 0. The van der Waals surface area contributed by atoms with Crippen molar-refractivity contribution in [1.82, 2.24) is 5.01 Å². The van der Waals surface area contributed by atoms with Crippen LogP contribution in [0.15, 0.2) is 74.9 Å². The highest BCUT2D eigenvalue weighted by atomic mass is 35.5. The van der Waals surface area contributed by atoms with E-state index in [9.17, 15) is 4.79 Å². The molecule has 5 rings (SSSR count). The van der Waals surface area contributed by atoms with E-state index in [2.05, 4.69) is 41.1 Å². The lowest BCUT2D eigenvalue weighted by Gasteiger charge is -2.28. The van der Waals surface area contributed by atoms with Crippen molar-refractivity contribution >= 4 is 63.7 Å². The van der Waals surface area contributed by atoms with E-state index in [0.29, 0.717) is 10.8 Å². The monoisotopic (exact) mass is 484 g/mol. The molecule has 2 atom stereocenters. The Bertz CT molecular complexity index is 1100. The van der Waals surface area contributed by atoms with Crippen molar-refractivity contribution in [2.24, 2.45) is 11.0 Å². The molecule has 0 radical (unpaired) electrons. The Morgan fingerprint density at radius 3 is 2.71 bits per heavy atom. The first-order valence-corrected chi connectivity index (χ1v) is 13.4. The zero-order valence-corrected chi connectivity index (χ0v) is 19.9. The van der Waals surface area contributed by atoms with Gasteiger partial charge in [-0.3, -0.25) is 4.79 Å². The van der Waals surface area contributed by atoms with Crippen molar-refractivity contribution in [3.8, 4) is 0 Å². The molecule has 1 amide bonds. The molecule has 0 saturated heterocycles. The molecule has 0 spiro atoms. The average Bonchev–Trinajstić information content (AvgIpc) is 3.54. The van der Waals surface area contributed by atoms with Crippen LogP contribution in [0, 0.1) is 5.92 Å². The van der Waals surface area contributed by atoms with Crippen LogP contribution in [-0.4, -0.2) is 22.4 Å². The molecule has 1 fully saturated rings. The maximum absolute atomic E-state index is 13.3. The molecule has 0 N–H and O–H groups in total. The Morgan fingerprint density at radius 1 is 1.16 bits per heavy atom. The minimum Gasteiger partial charge on any atom is -0.272 e. The number of benzene rings is 1. The molecule has 2 aromatic heterocycles. The molecule has 1 aliphatic heterocycles. The lowest BCUT2D eigenvalue weighted by atomic mass is 9.79. The Labute approximate surface area is 199 Å². The number of thioether (sulfide) groups is 1. The Morgan fingerprint density at radius 2 is 1.97 bits per heavy atom. The van der Waals surface area contributed by atoms with Crippen LogP contribution in [0.3, 0.4) is 0 Å². The number of rotatable bonds is 5. The number of thiophene rings is 2. The predicted molar refractivity (Wildman–Crippen MR) is 133 cm³/mol. The van der Waals surface area contributed by atoms with Crippen molar-refractivity contribution in [1.29, 1.82) is 0 Å². The van der Waals surface area contributed by atoms with Gasteiger partial charge in [-0.15, -0.1) is 34.4 Å². The van der Waals surface area contributed by atoms with Gasteiger partial charge in [0.15, 0.2) is 0 Å². The van der Waals surface area contributed by atoms with Gasteiger partial charge in [0.1, 0.15) is 0 Å². The average molecular weight is 485 g/mol. The number of hydrogen-bond acceptors (Lipinski definition) is 5. The summed E-state index contributed by atoms with van der Waals surface area (Å²) < 4.78 is 0. The van der Waals surface area contributed by atoms with Crippen molar-refractivity contribution < 1.29 is 4.79 Å². The third-order valence-electron chi connectivity index (χ3n) is 5.63. The molecular formula is C24H21ClN2OS3. The predicted octanol–water partition coefficient (Wildman–Crippen LogP) is 7.38. The first-order valence-electron chi connectivity index (χ1n) is 10.3. The minimum atomic E-state index is 0.000327. The van der Waals surface area contributed by atoms with Crippen molar-refractivity contribution in [3.63, 3.8) is 0 Å². The van der Waals surface area contributed by atoms with Crippen LogP contribution in [0.1, 0.15) is 35.1 Å². The number of halogens is 1. The van der Waals surface area contributed by atoms with Crippen LogP contribution in [0.4, 0.5) is 0 Å². The number of fused-ring (bicyclic) bond motifs is 1. The minimum absolute atomic E-state index is 0.000327. The van der Waals surface area contributed by atoms with Crippen LogP contribution in [-0.2, 0) is 4.79 Å². The van der Waals surface area contributed by atoms with Gasteiger partial charge in [-0.25, -0.2) is 5.01 Å². The second-order valence-electron chi connectivity index (χ2n) is 7.61. The van der Waals surface area contributed by atoms with Gasteiger partial charge in [-0.1, -0.05) is 23.7 Å². The summed E-state index contributed by atoms with van der Waals surface area (Å²) in [6.07, 6.45) is 5.48. The van der Waals surface area contributed by atoms with Crippen molar-refractivity contribution in [2.75, 3.05) is 5.75 Å². The maximum atomic E-state index is 13.3. The van der Waals surface area contributed by atoms with Crippen molar-refractivity contribution in [2.45, 2.75) is 30.2 Å². The summed E-state index contributed by atoms with van der Waals surface area (Å²) in [5.74, 6) is 0.676. The van der Waals surface area contributed by atoms with Crippen LogP contribution >= 0.6 is 46.0 Å². The van der Waals surface area contributed by atoms with Crippen LogP contribution in [0.5, 0.6) is 0 Å². The largest absolute Gasteiger partial charge is 0.272 e. The summed E-state index contributed by atoms with van der Waals surface area (Å²) >= 11 is 11.0. The topological polar surface area (TPSA) is 32.7 Å². The third-order valence-corrected chi connectivity index (χ3v) is 8.64. The molecule has 1 aliphatic carbocycles. The molecule has 3 heterocycles. The highest BCUT2D eigenvalue weighted by molar-refractivity contribution is 8.00. The second kappa shape index (κ2) is 9.33. The van der Waals surface area contributed by atoms with E-state index < -0.39 is 0 Å². The first kappa shape index (κ1) is 21.0. The van der Waals surface area contributed by atoms with Gasteiger partial charge in [0.05, 0.1) is 17.5 Å². The smallest absolute Gasteiger partial charge is 0.253 e. The molecule has 2 aliphatic rings. The van der Waals surface area contributed by atoms with E-state index >= 15 is 0 Å². The maximum Gasteiger partial charge on any atom is 0.253 e. The number of hydrazone groups is 1. The summed E-state index contributed by atoms with van der Waals surface area (Å²) in [4.78, 5) is 16.8. The zero-order chi connectivity index (χ0) is 21.2. The number of nitrogens with zero attached hydrogens (tertiary/aromatic N) is 2. The molecule has 7 heteroatoms. The lowest BCUT2D eigenvalue weighted by molar-refractivity contribution is -0.130. The van der Waals surface area contributed by atoms with E-state index in [1.165, 1.54) is 27.1 Å². The van der Waals surface area contributed by atoms with Crippen LogP contribution in [0.2, 0.25) is 5.02 Å². The van der Waals surface area contributed by atoms with Gasteiger partial charge >= 0.3 is 0 Å². The molecular weight excluding hydrogens is 464 g/mol. The molecule has 3 nitrogen and oxygen atoms in total. The van der Waals surface area contributed by atoms with Gasteiger partial charge in [0.2, 0.25) is 0 Å².